The molecular formula is C25H24N2O4S. The molecule has 0 radical (unpaired) electrons. The normalized spacial score (nSPS) is 22.0. The number of carbonyl (C=O) groups is 1. The fraction of sp³-hybridized carbons (Fsp3) is 0.240. The highest BCUT2D eigenvalue weighted by atomic mass is 32.2. The van der Waals surface area contributed by atoms with Crippen molar-refractivity contribution in [2.75, 3.05) is 17.5 Å². The molecule has 3 atom stereocenters. The molecule has 2 heterocycles. The van der Waals surface area contributed by atoms with Crippen LogP contribution in [0.2, 0.25) is 0 Å². The van der Waals surface area contributed by atoms with E-state index >= 15 is 0 Å². The Morgan fingerprint density at radius 3 is 2.44 bits per heavy atom. The molecule has 2 aliphatic heterocycles. The van der Waals surface area contributed by atoms with Crippen molar-refractivity contribution < 1.29 is 18.3 Å². The number of aliphatic hydroxyl groups is 1. The summed E-state index contributed by atoms with van der Waals surface area (Å²) in [6.45, 7) is 1.82. The quantitative estimate of drug-likeness (QED) is 0.665. The van der Waals surface area contributed by atoms with Crippen LogP contribution in [0.5, 0.6) is 0 Å². The lowest BCUT2D eigenvalue weighted by Crippen LogP contribution is -2.70. The van der Waals surface area contributed by atoms with E-state index in [1.54, 1.807) is 53.4 Å². The summed E-state index contributed by atoms with van der Waals surface area (Å²) >= 11 is 0. The van der Waals surface area contributed by atoms with Crippen LogP contribution in [0.25, 0.3) is 0 Å². The van der Waals surface area contributed by atoms with Gasteiger partial charge < -0.3 is 10.0 Å². The Balaban J connectivity index is 1.58. The summed E-state index contributed by atoms with van der Waals surface area (Å²) in [4.78, 5) is 15.2. The first-order chi connectivity index (χ1) is 15.4. The SMILES string of the molecule is Cc1cccc(S(=O)(=O)N2C[C@@H]3[C@H](c4ccccc42)[C@@H](CO)N3C(=O)c2ccccc2)c1. The maximum atomic E-state index is 13.6. The molecule has 2 aliphatic rings. The molecule has 0 spiro atoms. The van der Waals surface area contributed by atoms with Crippen molar-refractivity contribution in [1.29, 1.82) is 0 Å². The number of aliphatic hydroxyl groups excluding tert-OH is 1. The molecule has 0 aromatic heterocycles. The molecule has 1 N–H and O–H groups in total. The van der Waals surface area contributed by atoms with Crippen LogP contribution in [0, 0.1) is 6.92 Å². The van der Waals surface area contributed by atoms with Gasteiger partial charge >= 0.3 is 0 Å². The monoisotopic (exact) mass is 448 g/mol. The number of fused-ring (bicyclic) bond motifs is 3. The lowest BCUT2D eigenvalue weighted by molar-refractivity contribution is -0.0235. The van der Waals surface area contributed by atoms with Crippen LogP contribution in [0.15, 0.2) is 83.8 Å². The van der Waals surface area contributed by atoms with Gasteiger partial charge in [0.25, 0.3) is 15.9 Å². The summed E-state index contributed by atoms with van der Waals surface area (Å²) in [5.74, 6) is -0.314. The van der Waals surface area contributed by atoms with E-state index in [2.05, 4.69) is 0 Å². The number of nitrogens with zero attached hydrogens (tertiary/aromatic N) is 2. The highest BCUT2D eigenvalue weighted by Crippen LogP contribution is 2.49. The molecule has 3 aromatic rings. The van der Waals surface area contributed by atoms with Crippen LogP contribution in [0.1, 0.15) is 27.4 Å². The van der Waals surface area contributed by atoms with Crippen molar-refractivity contribution in [3.8, 4) is 0 Å². The molecule has 1 saturated heterocycles. The molecule has 1 amide bonds. The number of sulfonamides is 1. The maximum absolute atomic E-state index is 13.6. The molecule has 1 fully saturated rings. The van der Waals surface area contributed by atoms with Gasteiger partial charge in [0, 0.05) is 11.5 Å². The number of amides is 1. The fourth-order valence-corrected chi connectivity index (χ4v) is 6.60. The highest BCUT2D eigenvalue weighted by molar-refractivity contribution is 7.92. The lowest BCUT2D eigenvalue weighted by Gasteiger charge is -2.58. The zero-order valence-corrected chi connectivity index (χ0v) is 18.4. The summed E-state index contributed by atoms with van der Waals surface area (Å²) in [6.07, 6.45) is 0. The third-order valence-corrected chi connectivity index (χ3v) is 8.26. The molecular weight excluding hydrogens is 424 g/mol. The predicted molar refractivity (Wildman–Crippen MR) is 122 cm³/mol. The molecule has 32 heavy (non-hydrogen) atoms. The number of para-hydroxylation sites is 1. The number of rotatable bonds is 4. The van der Waals surface area contributed by atoms with E-state index in [4.69, 9.17) is 0 Å². The number of carbonyl (C=O) groups excluding carboxylic acids is 1. The van der Waals surface area contributed by atoms with Crippen LogP contribution in [-0.2, 0) is 10.0 Å². The van der Waals surface area contributed by atoms with Crippen molar-refractivity contribution in [3.63, 3.8) is 0 Å². The molecule has 0 aliphatic carbocycles. The number of likely N-dealkylation sites (tertiary alicyclic amines) is 1. The average Bonchev–Trinajstić information content (AvgIpc) is 2.79. The molecule has 0 unspecified atom stereocenters. The summed E-state index contributed by atoms with van der Waals surface area (Å²) in [7, 11) is -3.83. The van der Waals surface area contributed by atoms with Crippen LogP contribution in [0.4, 0.5) is 5.69 Å². The third kappa shape index (κ3) is 3.12. The van der Waals surface area contributed by atoms with Gasteiger partial charge in [-0.15, -0.1) is 0 Å². The first-order valence-corrected chi connectivity index (χ1v) is 12.0. The van der Waals surface area contributed by atoms with Crippen LogP contribution in [-0.4, -0.2) is 49.6 Å². The van der Waals surface area contributed by atoms with Crippen LogP contribution in [0.3, 0.4) is 0 Å². The van der Waals surface area contributed by atoms with Gasteiger partial charge in [-0.2, -0.15) is 0 Å². The zero-order chi connectivity index (χ0) is 22.5. The molecule has 0 bridgehead atoms. The second-order valence-corrected chi connectivity index (χ2v) is 10.2. The Kier molecular flexibility index (Phi) is 5.03. The minimum absolute atomic E-state index is 0.118. The van der Waals surface area contributed by atoms with Gasteiger partial charge in [-0.25, -0.2) is 8.42 Å². The molecule has 164 valence electrons. The van der Waals surface area contributed by atoms with Gasteiger partial charge in [-0.1, -0.05) is 48.5 Å². The maximum Gasteiger partial charge on any atom is 0.264 e. The highest BCUT2D eigenvalue weighted by Gasteiger charge is 2.56. The second-order valence-electron chi connectivity index (χ2n) is 8.33. The van der Waals surface area contributed by atoms with Gasteiger partial charge in [0.05, 0.1) is 35.8 Å². The van der Waals surface area contributed by atoms with Crippen molar-refractivity contribution >= 4 is 21.6 Å². The fourth-order valence-electron chi connectivity index (χ4n) is 4.99. The molecule has 3 aromatic carbocycles. The predicted octanol–water partition coefficient (Wildman–Crippen LogP) is 3.17. The Bertz CT molecular complexity index is 1280. The first-order valence-electron chi connectivity index (χ1n) is 10.6. The Hall–Kier alpha value is -3.16. The number of aryl methyl sites for hydroxylation is 1. The minimum atomic E-state index is -3.83. The summed E-state index contributed by atoms with van der Waals surface area (Å²) in [5.41, 5.74) is 2.84. The minimum Gasteiger partial charge on any atom is -0.394 e. The largest absolute Gasteiger partial charge is 0.394 e. The molecule has 0 saturated carbocycles. The lowest BCUT2D eigenvalue weighted by atomic mass is 9.72. The van der Waals surface area contributed by atoms with E-state index in [9.17, 15) is 18.3 Å². The smallest absolute Gasteiger partial charge is 0.264 e. The van der Waals surface area contributed by atoms with Crippen LogP contribution >= 0.6 is 0 Å². The zero-order valence-electron chi connectivity index (χ0n) is 17.6. The molecule has 5 rings (SSSR count). The third-order valence-electron chi connectivity index (χ3n) is 6.48. The number of benzene rings is 3. The number of anilines is 1. The topological polar surface area (TPSA) is 77.9 Å². The van der Waals surface area contributed by atoms with Gasteiger partial charge in [0.15, 0.2) is 0 Å². The van der Waals surface area contributed by atoms with E-state index in [0.29, 0.717) is 11.3 Å². The van der Waals surface area contributed by atoms with E-state index in [-0.39, 0.29) is 35.9 Å². The summed E-state index contributed by atoms with van der Waals surface area (Å²) < 4.78 is 28.7. The number of hydrogen-bond donors (Lipinski definition) is 1. The Labute approximate surface area is 187 Å². The van der Waals surface area contributed by atoms with Crippen LogP contribution < -0.4 is 4.31 Å². The van der Waals surface area contributed by atoms with Gasteiger partial charge in [0.2, 0.25) is 0 Å². The second kappa shape index (κ2) is 7.76. The molecule has 7 heteroatoms. The van der Waals surface area contributed by atoms with E-state index in [1.165, 1.54) is 4.31 Å². The standard InChI is InChI=1S/C25H24N2O4S/c1-17-8-7-11-19(14-17)32(30,31)26-15-22-24(20-12-5-6-13-21(20)26)23(16-28)27(22)25(29)18-9-3-2-4-10-18/h2-14,22-24,28H,15-16H2,1H3/t22-,23-,24+/m1/s1. The van der Waals surface area contributed by atoms with E-state index < -0.39 is 16.1 Å². The Morgan fingerprint density at radius 1 is 1.00 bits per heavy atom. The van der Waals surface area contributed by atoms with E-state index in [0.717, 1.165) is 11.1 Å². The first kappa shape index (κ1) is 20.7. The van der Waals surface area contributed by atoms with E-state index in [1.807, 2.05) is 37.3 Å². The van der Waals surface area contributed by atoms with Crippen molar-refractivity contribution in [3.05, 3.63) is 95.6 Å². The van der Waals surface area contributed by atoms with Crippen molar-refractivity contribution in [1.82, 2.24) is 4.90 Å². The van der Waals surface area contributed by atoms with Gasteiger partial charge in [-0.05, 0) is 48.4 Å². The summed E-state index contributed by atoms with van der Waals surface area (Å²) in [6, 6.07) is 22.4. The van der Waals surface area contributed by atoms with Crippen molar-refractivity contribution in [2.45, 2.75) is 29.8 Å². The number of hydrogen-bond acceptors (Lipinski definition) is 4. The van der Waals surface area contributed by atoms with Gasteiger partial charge in [0.1, 0.15) is 0 Å². The van der Waals surface area contributed by atoms with Crippen molar-refractivity contribution in [2.24, 2.45) is 0 Å². The summed E-state index contributed by atoms with van der Waals surface area (Å²) in [5, 5.41) is 10.1. The molecule has 6 nitrogen and oxygen atoms in total. The average molecular weight is 449 g/mol. The Morgan fingerprint density at radius 2 is 1.72 bits per heavy atom. The van der Waals surface area contributed by atoms with Gasteiger partial charge in [-0.3, -0.25) is 9.10 Å².